The van der Waals surface area contributed by atoms with Crippen molar-refractivity contribution in [1.82, 2.24) is 19.5 Å². The van der Waals surface area contributed by atoms with Crippen LogP contribution in [0.3, 0.4) is 0 Å². The van der Waals surface area contributed by atoms with Gasteiger partial charge in [-0.3, -0.25) is 4.57 Å². The second kappa shape index (κ2) is 8.01. The van der Waals surface area contributed by atoms with E-state index in [0.717, 1.165) is 43.7 Å². The number of hydrogen-bond acceptors (Lipinski definition) is 7. The van der Waals surface area contributed by atoms with Crippen molar-refractivity contribution in [2.24, 2.45) is 0 Å². The van der Waals surface area contributed by atoms with Crippen LogP contribution >= 0.6 is 0 Å². The Bertz CT molecular complexity index is 1250. The topological polar surface area (TPSA) is 82.4 Å². The Labute approximate surface area is 184 Å². The molecule has 0 amide bonds. The maximum atomic E-state index is 14.4. The minimum atomic E-state index is -4.68. The van der Waals surface area contributed by atoms with E-state index >= 15 is 0 Å². The number of halogens is 4. The molecule has 0 spiro atoms. The smallest absolute Gasteiger partial charge is 0.451 e. The van der Waals surface area contributed by atoms with Gasteiger partial charge in [-0.1, -0.05) is 6.07 Å². The van der Waals surface area contributed by atoms with Gasteiger partial charge in [-0.05, 0) is 30.5 Å². The standard InChI is InChI=1S/C21H17F4N5O3/c22-15-6-12(3-4-16(15)33-14-8-26-19(27-9-14)21(23,24)25)11-32-17-7-18-29-5-1-2-13(29)10-30(18)20(31)28-17/h3-4,6-9,13H,1-2,5,10-11H2/t13-/m0/s1. The molecule has 12 heteroatoms. The fraction of sp³-hybridized carbons (Fsp3) is 0.333. The summed E-state index contributed by atoms with van der Waals surface area (Å²) in [6.07, 6.45) is -0.946. The number of hydrogen-bond donors (Lipinski definition) is 0. The Morgan fingerprint density at radius 1 is 1.15 bits per heavy atom. The molecule has 1 fully saturated rings. The van der Waals surface area contributed by atoms with Crippen LogP contribution in [0.15, 0.2) is 41.5 Å². The normalized spacial score (nSPS) is 17.1. The van der Waals surface area contributed by atoms with E-state index in [9.17, 15) is 22.4 Å². The quantitative estimate of drug-likeness (QED) is 0.536. The molecule has 1 saturated heterocycles. The SMILES string of the molecule is O=c1nc(OCc2ccc(Oc3cnc(C(F)(F)F)nc3)c(F)c2)cc2n1C[C@@H]1CCCN21. The first-order valence-corrected chi connectivity index (χ1v) is 10.1. The van der Waals surface area contributed by atoms with Gasteiger partial charge in [-0.25, -0.2) is 19.2 Å². The Balaban J connectivity index is 1.26. The number of benzene rings is 1. The molecule has 0 saturated carbocycles. The number of ether oxygens (including phenoxy) is 2. The fourth-order valence-electron chi connectivity index (χ4n) is 4.01. The highest BCUT2D eigenvalue weighted by Gasteiger charge is 2.35. The first kappa shape index (κ1) is 21.2. The largest absolute Gasteiger partial charge is 0.473 e. The van der Waals surface area contributed by atoms with Gasteiger partial charge in [0.2, 0.25) is 11.7 Å². The Morgan fingerprint density at radius 3 is 2.67 bits per heavy atom. The molecule has 4 heterocycles. The van der Waals surface area contributed by atoms with Gasteiger partial charge in [0.15, 0.2) is 17.3 Å². The van der Waals surface area contributed by atoms with E-state index in [1.165, 1.54) is 12.1 Å². The number of rotatable bonds is 5. The lowest BCUT2D eigenvalue weighted by Gasteiger charge is -2.17. The van der Waals surface area contributed by atoms with Crippen LogP contribution in [-0.4, -0.2) is 32.1 Å². The van der Waals surface area contributed by atoms with Gasteiger partial charge < -0.3 is 14.4 Å². The molecule has 2 aromatic heterocycles. The van der Waals surface area contributed by atoms with Gasteiger partial charge in [-0.15, -0.1) is 0 Å². The highest BCUT2D eigenvalue weighted by molar-refractivity contribution is 5.48. The third-order valence-electron chi connectivity index (χ3n) is 5.52. The van der Waals surface area contributed by atoms with Gasteiger partial charge in [0.05, 0.1) is 12.4 Å². The van der Waals surface area contributed by atoms with Crippen LogP contribution in [0.2, 0.25) is 0 Å². The van der Waals surface area contributed by atoms with Gasteiger partial charge in [0.1, 0.15) is 12.4 Å². The van der Waals surface area contributed by atoms with Crippen molar-refractivity contribution < 1.29 is 27.0 Å². The van der Waals surface area contributed by atoms with Crippen molar-refractivity contribution in [3.63, 3.8) is 0 Å². The van der Waals surface area contributed by atoms with Crippen molar-refractivity contribution in [1.29, 1.82) is 0 Å². The molecule has 0 bridgehead atoms. The van der Waals surface area contributed by atoms with Crippen molar-refractivity contribution >= 4 is 5.82 Å². The summed E-state index contributed by atoms with van der Waals surface area (Å²) in [6.45, 7) is 1.46. The van der Waals surface area contributed by atoms with Crippen molar-refractivity contribution in [2.45, 2.75) is 38.2 Å². The molecule has 172 valence electrons. The molecule has 2 aliphatic rings. The molecule has 0 aliphatic carbocycles. The van der Waals surface area contributed by atoms with Crippen LogP contribution in [0.4, 0.5) is 23.4 Å². The summed E-state index contributed by atoms with van der Waals surface area (Å²) >= 11 is 0. The lowest BCUT2D eigenvalue weighted by molar-refractivity contribution is -0.145. The monoisotopic (exact) mass is 463 g/mol. The van der Waals surface area contributed by atoms with E-state index in [-0.39, 0.29) is 29.7 Å². The second-order valence-electron chi connectivity index (χ2n) is 7.73. The van der Waals surface area contributed by atoms with E-state index in [0.29, 0.717) is 18.2 Å². The number of alkyl halides is 3. The maximum absolute atomic E-state index is 14.4. The summed E-state index contributed by atoms with van der Waals surface area (Å²) in [7, 11) is 0. The zero-order valence-electron chi connectivity index (χ0n) is 17.0. The maximum Gasteiger partial charge on any atom is 0.451 e. The van der Waals surface area contributed by atoms with E-state index in [2.05, 4.69) is 19.9 Å². The zero-order chi connectivity index (χ0) is 23.2. The molecular weight excluding hydrogens is 446 g/mol. The lowest BCUT2D eigenvalue weighted by atomic mass is 10.2. The van der Waals surface area contributed by atoms with Gasteiger partial charge in [0, 0.05) is 25.2 Å². The van der Waals surface area contributed by atoms with Crippen LogP contribution < -0.4 is 20.1 Å². The number of anilines is 1. The van der Waals surface area contributed by atoms with E-state index in [4.69, 9.17) is 9.47 Å². The van der Waals surface area contributed by atoms with Crippen LogP contribution in [0.1, 0.15) is 24.2 Å². The van der Waals surface area contributed by atoms with Gasteiger partial charge >= 0.3 is 11.9 Å². The molecule has 8 nitrogen and oxygen atoms in total. The molecule has 3 aromatic rings. The number of aromatic nitrogens is 4. The number of nitrogens with zero attached hydrogens (tertiary/aromatic N) is 5. The molecule has 1 aromatic carbocycles. The average molecular weight is 463 g/mol. The van der Waals surface area contributed by atoms with Crippen molar-refractivity contribution in [2.75, 3.05) is 11.4 Å². The van der Waals surface area contributed by atoms with Gasteiger partial charge in [-0.2, -0.15) is 18.2 Å². The molecule has 2 aliphatic heterocycles. The summed E-state index contributed by atoms with van der Waals surface area (Å²) in [5.74, 6) is -1.49. The first-order chi connectivity index (χ1) is 15.8. The minimum Gasteiger partial charge on any atom is -0.473 e. The van der Waals surface area contributed by atoms with E-state index in [1.807, 2.05) is 0 Å². The van der Waals surface area contributed by atoms with Crippen LogP contribution in [0.5, 0.6) is 17.4 Å². The van der Waals surface area contributed by atoms with Crippen LogP contribution in [0, 0.1) is 5.82 Å². The highest BCUT2D eigenvalue weighted by atomic mass is 19.4. The minimum absolute atomic E-state index is 0.0418. The summed E-state index contributed by atoms with van der Waals surface area (Å²) < 4.78 is 64.5. The third-order valence-corrected chi connectivity index (χ3v) is 5.52. The summed E-state index contributed by atoms with van der Waals surface area (Å²) in [5, 5.41) is 0. The molecular formula is C21H17F4N5O3. The molecule has 0 unspecified atom stereocenters. The molecule has 5 rings (SSSR count). The summed E-state index contributed by atoms with van der Waals surface area (Å²) in [6, 6.07) is 6.03. The Hall–Kier alpha value is -3.70. The van der Waals surface area contributed by atoms with Gasteiger partial charge in [0.25, 0.3) is 0 Å². The summed E-state index contributed by atoms with van der Waals surface area (Å²) in [4.78, 5) is 24.8. The Kier molecular flexibility index (Phi) is 5.14. The van der Waals surface area contributed by atoms with E-state index in [1.54, 1.807) is 10.6 Å². The Morgan fingerprint density at radius 2 is 1.94 bits per heavy atom. The summed E-state index contributed by atoms with van der Waals surface area (Å²) in [5.41, 5.74) is 0.0653. The predicted molar refractivity (Wildman–Crippen MR) is 107 cm³/mol. The molecule has 33 heavy (non-hydrogen) atoms. The van der Waals surface area contributed by atoms with Crippen molar-refractivity contribution in [3.8, 4) is 17.4 Å². The van der Waals surface area contributed by atoms with E-state index < -0.39 is 17.8 Å². The highest BCUT2D eigenvalue weighted by Crippen LogP contribution is 2.33. The predicted octanol–water partition coefficient (Wildman–Crippen LogP) is 3.54. The molecule has 1 atom stereocenters. The fourth-order valence-corrected chi connectivity index (χ4v) is 4.01. The first-order valence-electron chi connectivity index (χ1n) is 10.1. The van der Waals surface area contributed by atoms with Crippen LogP contribution in [-0.2, 0) is 19.3 Å². The lowest BCUT2D eigenvalue weighted by Crippen LogP contribution is -2.24. The third kappa shape index (κ3) is 4.20. The molecule has 0 N–H and O–H groups in total. The molecule has 0 radical (unpaired) electrons. The second-order valence-corrected chi connectivity index (χ2v) is 7.73. The van der Waals surface area contributed by atoms with Crippen LogP contribution in [0.25, 0.3) is 0 Å². The van der Waals surface area contributed by atoms with Crippen molar-refractivity contribution in [3.05, 3.63) is 64.3 Å². The zero-order valence-corrected chi connectivity index (χ0v) is 17.0. The average Bonchev–Trinajstić information content (AvgIpc) is 3.36. The number of fused-ring (bicyclic) bond motifs is 3.